The molecule has 2 aromatic rings. The molecule has 0 bridgehead atoms. The summed E-state index contributed by atoms with van der Waals surface area (Å²) in [6, 6.07) is 8.77. The van der Waals surface area contributed by atoms with E-state index >= 15 is 0 Å². The maximum absolute atomic E-state index is 5.94. The molecule has 1 fully saturated rings. The maximum atomic E-state index is 5.94. The van der Waals surface area contributed by atoms with Crippen LogP contribution in [0.3, 0.4) is 0 Å². The second-order valence-electron chi connectivity index (χ2n) is 6.97. The molecule has 0 amide bonds. The maximum Gasteiger partial charge on any atom is 0.190 e. The van der Waals surface area contributed by atoms with Gasteiger partial charge in [0.05, 0.1) is 26.1 Å². The number of aromatic nitrogens is 2. The Hall–Kier alpha value is -1.65. The average Bonchev–Trinajstić information content (AvgIpc) is 3.11. The molecule has 0 saturated carbocycles. The third-order valence-electron chi connectivity index (χ3n) is 4.09. The predicted octanol–water partition coefficient (Wildman–Crippen LogP) is 3.17. The van der Waals surface area contributed by atoms with Crippen molar-refractivity contribution in [1.29, 1.82) is 0 Å². The molecule has 0 unspecified atom stereocenters. The molecule has 1 saturated heterocycles. The summed E-state index contributed by atoms with van der Waals surface area (Å²) in [5.41, 5.74) is 2.75. The van der Waals surface area contributed by atoms with Crippen molar-refractivity contribution in [2.75, 3.05) is 13.2 Å². The van der Waals surface area contributed by atoms with Gasteiger partial charge in [-0.15, -0.1) is 0 Å². The molecule has 0 spiro atoms. The van der Waals surface area contributed by atoms with E-state index < -0.39 is 5.79 Å². The van der Waals surface area contributed by atoms with Gasteiger partial charge in [0.15, 0.2) is 5.79 Å². The standard InChI is InChI=1S/C18H24N2O2/c1-17(2,3)16-6-4-15(5-7-16)12-18(21-10-11-22-18)13-20-9-8-19-14-20/h4-9,14H,10-13H2,1-3H3. The number of imidazole rings is 1. The van der Waals surface area contributed by atoms with Crippen LogP contribution in [0.25, 0.3) is 0 Å². The molecule has 0 N–H and O–H groups in total. The molecule has 0 radical (unpaired) electrons. The molecule has 3 rings (SSSR count). The molecule has 4 heteroatoms. The van der Waals surface area contributed by atoms with Gasteiger partial charge in [0.1, 0.15) is 0 Å². The summed E-state index contributed by atoms with van der Waals surface area (Å²) >= 11 is 0. The number of hydrogen-bond acceptors (Lipinski definition) is 3. The van der Waals surface area contributed by atoms with Crippen LogP contribution in [-0.2, 0) is 27.9 Å². The Labute approximate surface area is 132 Å². The molecule has 22 heavy (non-hydrogen) atoms. The number of nitrogens with zero attached hydrogens (tertiary/aromatic N) is 2. The minimum Gasteiger partial charge on any atom is -0.345 e. The van der Waals surface area contributed by atoms with Gasteiger partial charge in [-0.05, 0) is 16.5 Å². The fourth-order valence-corrected chi connectivity index (χ4v) is 2.84. The Morgan fingerprint density at radius 1 is 1.14 bits per heavy atom. The second-order valence-corrected chi connectivity index (χ2v) is 6.97. The van der Waals surface area contributed by atoms with Gasteiger partial charge < -0.3 is 14.0 Å². The lowest BCUT2D eigenvalue weighted by Crippen LogP contribution is -2.37. The zero-order valence-electron chi connectivity index (χ0n) is 13.6. The number of benzene rings is 1. The van der Waals surface area contributed by atoms with Gasteiger partial charge in [0.2, 0.25) is 0 Å². The molecule has 2 heterocycles. The SMILES string of the molecule is CC(C)(C)c1ccc(CC2(Cn3ccnc3)OCCO2)cc1. The monoisotopic (exact) mass is 300 g/mol. The van der Waals surface area contributed by atoms with Crippen molar-refractivity contribution in [3.63, 3.8) is 0 Å². The molecular formula is C18H24N2O2. The second kappa shape index (κ2) is 5.86. The summed E-state index contributed by atoms with van der Waals surface area (Å²) < 4.78 is 13.9. The van der Waals surface area contributed by atoms with E-state index in [1.807, 2.05) is 10.8 Å². The van der Waals surface area contributed by atoms with Crippen LogP contribution in [-0.4, -0.2) is 28.6 Å². The largest absolute Gasteiger partial charge is 0.345 e. The fourth-order valence-electron chi connectivity index (χ4n) is 2.84. The highest BCUT2D eigenvalue weighted by molar-refractivity contribution is 5.28. The number of rotatable bonds is 4. The van der Waals surface area contributed by atoms with E-state index in [9.17, 15) is 0 Å². The molecule has 4 nitrogen and oxygen atoms in total. The Balaban J connectivity index is 1.76. The van der Waals surface area contributed by atoms with Crippen LogP contribution in [0.5, 0.6) is 0 Å². The third-order valence-corrected chi connectivity index (χ3v) is 4.09. The molecule has 0 atom stereocenters. The normalized spacial score (nSPS) is 17.8. The van der Waals surface area contributed by atoms with E-state index in [0.29, 0.717) is 19.8 Å². The van der Waals surface area contributed by atoms with Crippen LogP contribution in [0, 0.1) is 0 Å². The molecule has 1 aliphatic heterocycles. The van der Waals surface area contributed by atoms with Crippen LogP contribution in [0.1, 0.15) is 31.9 Å². The summed E-state index contributed by atoms with van der Waals surface area (Å²) in [7, 11) is 0. The van der Waals surface area contributed by atoms with Crippen molar-refractivity contribution in [1.82, 2.24) is 9.55 Å². The zero-order valence-corrected chi connectivity index (χ0v) is 13.6. The molecular weight excluding hydrogens is 276 g/mol. The predicted molar refractivity (Wildman–Crippen MR) is 85.7 cm³/mol. The molecule has 1 aromatic heterocycles. The van der Waals surface area contributed by atoms with Gasteiger partial charge >= 0.3 is 0 Å². The van der Waals surface area contributed by atoms with E-state index in [1.165, 1.54) is 11.1 Å². The van der Waals surface area contributed by atoms with Gasteiger partial charge in [-0.25, -0.2) is 4.98 Å². The van der Waals surface area contributed by atoms with Crippen LogP contribution in [0.15, 0.2) is 43.0 Å². The quantitative estimate of drug-likeness (QED) is 0.870. The lowest BCUT2D eigenvalue weighted by atomic mass is 9.86. The smallest absolute Gasteiger partial charge is 0.190 e. The van der Waals surface area contributed by atoms with Crippen molar-refractivity contribution in [2.24, 2.45) is 0 Å². The summed E-state index contributed by atoms with van der Waals surface area (Å²) in [5, 5.41) is 0. The lowest BCUT2D eigenvalue weighted by Gasteiger charge is -2.28. The van der Waals surface area contributed by atoms with E-state index in [0.717, 1.165) is 6.42 Å². The first kappa shape index (κ1) is 15.3. The average molecular weight is 300 g/mol. The topological polar surface area (TPSA) is 36.3 Å². The van der Waals surface area contributed by atoms with Crippen molar-refractivity contribution in [3.05, 3.63) is 54.1 Å². The minimum absolute atomic E-state index is 0.174. The zero-order chi connectivity index (χ0) is 15.6. The van der Waals surface area contributed by atoms with E-state index in [2.05, 4.69) is 50.0 Å². The summed E-state index contributed by atoms with van der Waals surface area (Å²) in [6.45, 7) is 8.64. The number of ether oxygens (including phenoxy) is 2. The van der Waals surface area contributed by atoms with Crippen molar-refractivity contribution >= 4 is 0 Å². The highest BCUT2D eigenvalue weighted by Crippen LogP contribution is 2.28. The first-order chi connectivity index (χ1) is 10.5. The fraction of sp³-hybridized carbons (Fsp3) is 0.500. The van der Waals surface area contributed by atoms with Crippen LogP contribution >= 0.6 is 0 Å². The van der Waals surface area contributed by atoms with Crippen LogP contribution < -0.4 is 0 Å². The Kier molecular flexibility index (Phi) is 4.06. The van der Waals surface area contributed by atoms with E-state index in [-0.39, 0.29) is 5.41 Å². The van der Waals surface area contributed by atoms with Crippen molar-refractivity contribution in [3.8, 4) is 0 Å². The Bertz CT molecular complexity index is 591. The summed E-state index contributed by atoms with van der Waals surface area (Å²) in [6.07, 6.45) is 6.27. The minimum atomic E-state index is -0.579. The van der Waals surface area contributed by atoms with Gasteiger partial charge in [-0.2, -0.15) is 0 Å². The Morgan fingerprint density at radius 2 is 1.82 bits per heavy atom. The molecule has 118 valence electrons. The first-order valence-electron chi connectivity index (χ1n) is 7.80. The van der Waals surface area contributed by atoms with Crippen LogP contribution in [0.2, 0.25) is 0 Å². The highest BCUT2D eigenvalue weighted by Gasteiger charge is 2.37. The summed E-state index contributed by atoms with van der Waals surface area (Å²) in [5.74, 6) is -0.579. The highest BCUT2D eigenvalue weighted by atomic mass is 16.7. The van der Waals surface area contributed by atoms with Crippen molar-refractivity contribution < 1.29 is 9.47 Å². The van der Waals surface area contributed by atoms with Crippen molar-refractivity contribution in [2.45, 2.75) is 44.9 Å². The van der Waals surface area contributed by atoms with Crippen LogP contribution in [0.4, 0.5) is 0 Å². The summed E-state index contributed by atoms with van der Waals surface area (Å²) in [4.78, 5) is 4.09. The molecule has 1 aromatic carbocycles. The lowest BCUT2D eigenvalue weighted by molar-refractivity contribution is -0.166. The van der Waals surface area contributed by atoms with Gasteiger partial charge in [0, 0.05) is 18.8 Å². The van der Waals surface area contributed by atoms with E-state index in [4.69, 9.17) is 9.47 Å². The van der Waals surface area contributed by atoms with Gasteiger partial charge in [0.25, 0.3) is 0 Å². The first-order valence-corrected chi connectivity index (χ1v) is 7.80. The van der Waals surface area contributed by atoms with Gasteiger partial charge in [-0.1, -0.05) is 45.0 Å². The molecule has 1 aliphatic rings. The third kappa shape index (κ3) is 3.39. The van der Waals surface area contributed by atoms with E-state index in [1.54, 1.807) is 12.5 Å². The Morgan fingerprint density at radius 3 is 2.36 bits per heavy atom. The molecule has 0 aliphatic carbocycles. The van der Waals surface area contributed by atoms with Gasteiger partial charge in [-0.3, -0.25) is 0 Å². The number of hydrogen-bond donors (Lipinski definition) is 0.